The van der Waals surface area contributed by atoms with Crippen molar-refractivity contribution < 1.29 is 22.4 Å². The van der Waals surface area contributed by atoms with Gasteiger partial charge in [-0.2, -0.15) is 0 Å². The second kappa shape index (κ2) is 8.22. The lowest BCUT2D eigenvalue weighted by Crippen LogP contribution is -2.23. The van der Waals surface area contributed by atoms with E-state index in [0.717, 1.165) is 5.56 Å². The van der Waals surface area contributed by atoms with E-state index in [9.17, 15) is 13.2 Å². The summed E-state index contributed by atoms with van der Waals surface area (Å²) in [7, 11) is 0. The molecule has 0 fully saturated rings. The minimum Gasteiger partial charge on any atom is -0.406 e. The molecule has 3 N–H and O–H groups in total. The molecule has 0 aliphatic rings. The van der Waals surface area contributed by atoms with Crippen LogP contribution in [0.15, 0.2) is 33.8 Å². The van der Waals surface area contributed by atoms with Crippen molar-refractivity contribution in [3.63, 3.8) is 0 Å². The zero-order chi connectivity index (χ0) is 17.0. The Kier molecular flexibility index (Phi) is 6.87. The van der Waals surface area contributed by atoms with Gasteiger partial charge in [0.1, 0.15) is 11.5 Å². The summed E-state index contributed by atoms with van der Waals surface area (Å²) < 4.78 is 45.4. The third-order valence-corrected chi connectivity index (χ3v) is 2.93. The van der Waals surface area contributed by atoms with Crippen molar-refractivity contribution in [3.8, 4) is 5.75 Å². The van der Waals surface area contributed by atoms with Gasteiger partial charge in [-0.15, -0.1) is 37.1 Å². The topological polar surface area (TPSA) is 85.7 Å². The first kappa shape index (κ1) is 20.1. The molecule has 132 valence electrons. The largest absolute Gasteiger partial charge is 0.573 e. The molecule has 1 heterocycles. The van der Waals surface area contributed by atoms with Crippen LogP contribution in [-0.2, 0) is 6.54 Å². The minimum atomic E-state index is -4.75. The summed E-state index contributed by atoms with van der Waals surface area (Å²) in [5.74, 6) is 0.342. The molecule has 0 spiro atoms. The highest BCUT2D eigenvalue weighted by Crippen LogP contribution is 2.25. The molecule has 2 rings (SSSR count). The number of aliphatic imine (C=N–C) groups is 1. The Balaban J connectivity index is 0.00000288. The van der Waals surface area contributed by atoms with Crippen molar-refractivity contribution in [1.29, 1.82) is 0 Å². The third-order valence-electron chi connectivity index (χ3n) is 2.93. The highest BCUT2D eigenvalue weighted by atomic mass is 127. The summed E-state index contributed by atoms with van der Waals surface area (Å²) in [6.07, 6.45) is -4.75. The summed E-state index contributed by atoms with van der Waals surface area (Å²) >= 11 is 0. The highest BCUT2D eigenvalue weighted by molar-refractivity contribution is 14.0. The van der Waals surface area contributed by atoms with Crippen molar-refractivity contribution in [3.05, 3.63) is 41.3 Å². The number of halogens is 4. The maximum atomic E-state index is 12.2. The Hall–Kier alpha value is -1.98. The summed E-state index contributed by atoms with van der Waals surface area (Å²) in [4.78, 5) is 4.11. The summed E-state index contributed by atoms with van der Waals surface area (Å²) in [5.41, 5.74) is 7.57. The van der Waals surface area contributed by atoms with Crippen LogP contribution in [0.2, 0.25) is 0 Å². The molecule has 0 bridgehead atoms. The van der Waals surface area contributed by atoms with Crippen molar-refractivity contribution >= 4 is 35.6 Å². The van der Waals surface area contributed by atoms with E-state index in [0.29, 0.717) is 17.1 Å². The zero-order valence-corrected chi connectivity index (χ0v) is 15.2. The highest BCUT2D eigenvalue weighted by Gasteiger charge is 2.31. The number of nitrogens with one attached hydrogen (secondary N) is 1. The second-order valence-electron chi connectivity index (χ2n) is 4.70. The number of rotatable bonds is 4. The van der Waals surface area contributed by atoms with Crippen LogP contribution in [0.3, 0.4) is 0 Å². The van der Waals surface area contributed by atoms with E-state index in [2.05, 4.69) is 20.2 Å². The van der Waals surface area contributed by atoms with Crippen molar-refractivity contribution in [2.45, 2.75) is 26.8 Å². The summed E-state index contributed by atoms with van der Waals surface area (Å²) in [6.45, 7) is 3.79. The lowest BCUT2D eigenvalue weighted by Gasteiger charge is -2.11. The number of anilines is 1. The molecule has 10 heteroatoms. The quantitative estimate of drug-likeness (QED) is 0.416. The standard InChI is InChI=1S/C14H15F3N4O2.HI/c1-8-12(9(2)23-21-8)7-19-13(18)20-10-4-3-5-11(6-10)22-14(15,16)17;/h3-6H,7H2,1-2H3,(H3,18,19,20);1H. The van der Waals surface area contributed by atoms with E-state index in [4.69, 9.17) is 10.3 Å². The van der Waals surface area contributed by atoms with Crippen molar-refractivity contribution in [2.24, 2.45) is 10.7 Å². The number of hydrogen-bond acceptors (Lipinski definition) is 4. The van der Waals surface area contributed by atoms with E-state index in [1.165, 1.54) is 18.2 Å². The number of guanidine groups is 1. The van der Waals surface area contributed by atoms with Crippen LogP contribution in [0, 0.1) is 13.8 Å². The first-order valence-electron chi connectivity index (χ1n) is 6.59. The fraction of sp³-hybridized carbons (Fsp3) is 0.286. The number of ether oxygens (including phenoxy) is 1. The smallest absolute Gasteiger partial charge is 0.406 e. The SMILES string of the molecule is Cc1noc(C)c1CN=C(N)Nc1cccc(OC(F)(F)F)c1.I. The Labute approximate surface area is 153 Å². The zero-order valence-electron chi connectivity index (χ0n) is 12.8. The predicted molar refractivity (Wildman–Crippen MR) is 93.5 cm³/mol. The van der Waals surface area contributed by atoms with Crippen LogP contribution in [0.5, 0.6) is 5.75 Å². The Bertz CT molecular complexity index is 697. The Morgan fingerprint density at radius 3 is 2.67 bits per heavy atom. The van der Waals surface area contributed by atoms with Gasteiger partial charge >= 0.3 is 6.36 Å². The van der Waals surface area contributed by atoms with Crippen LogP contribution in [-0.4, -0.2) is 17.5 Å². The molecule has 0 radical (unpaired) electrons. The van der Waals surface area contributed by atoms with Gasteiger partial charge in [0.25, 0.3) is 0 Å². The average Bonchev–Trinajstić information content (AvgIpc) is 2.74. The van der Waals surface area contributed by atoms with Gasteiger partial charge in [-0.1, -0.05) is 11.2 Å². The average molecular weight is 456 g/mol. The number of alkyl halides is 3. The molecule has 0 aliphatic heterocycles. The maximum Gasteiger partial charge on any atom is 0.573 e. The van der Waals surface area contributed by atoms with E-state index < -0.39 is 6.36 Å². The number of benzene rings is 1. The molecule has 6 nitrogen and oxygen atoms in total. The lowest BCUT2D eigenvalue weighted by molar-refractivity contribution is -0.274. The molecule has 0 amide bonds. The first-order valence-corrected chi connectivity index (χ1v) is 6.59. The molecule has 24 heavy (non-hydrogen) atoms. The molecule has 1 aromatic heterocycles. The Morgan fingerprint density at radius 1 is 1.38 bits per heavy atom. The van der Waals surface area contributed by atoms with Gasteiger partial charge in [0.2, 0.25) is 0 Å². The fourth-order valence-corrected chi connectivity index (χ4v) is 1.85. The second-order valence-corrected chi connectivity index (χ2v) is 4.70. The number of nitrogens with zero attached hydrogens (tertiary/aromatic N) is 2. The molecular weight excluding hydrogens is 440 g/mol. The molecule has 2 aromatic rings. The van der Waals surface area contributed by atoms with E-state index in [-0.39, 0.29) is 42.2 Å². The minimum absolute atomic E-state index is 0. The van der Waals surface area contributed by atoms with E-state index in [1.807, 2.05) is 0 Å². The first-order chi connectivity index (χ1) is 10.7. The number of aromatic nitrogens is 1. The van der Waals surface area contributed by atoms with Gasteiger partial charge in [0, 0.05) is 17.3 Å². The monoisotopic (exact) mass is 456 g/mol. The third kappa shape index (κ3) is 5.91. The molecule has 0 atom stereocenters. The molecule has 0 aliphatic carbocycles. The van der Waals surface area contributed by atoms with E-state index in [1.54, 1.807) is 19.9 Å². The van der Waals surface area contributed by atoms with Crippen molar-refractivity contribution in [2.75, 3.05) is 5.32 Å². The molecule has 1 aromatic carbocycles. The molecular formula is C14H16F3IN4O2. The van der Waals surface area contributed by atoms with Gasteiger partial charge in [0.15, 0.2) is 5.96 Å². The van der Waals surface area contributed by atoms with Gasteiger partial charge in [-0.05, 0) is 26.0 Å². The fourth-order valence-electron chi connectivity index (χ4n) is 1.85. The van der Waals surface area contributed by atoms with Crippen LogP contribution in [0.4, 0.5) is 18.9 Å². The molecule has 0 saturated heterocycles. The van der Waals surface area contributed by atoms with Crippen LogP contribution in [0.25, 0.3) is 0 Å². The normalized spacial score (nSPS) is 11.8. The lowest BCUT2D eigenvalue weighted by atomic mass is 10.2. The van der Waals surface area contributed by atoms with E-state index >= 15 is 0 Å². The summed E-state index contributed by atoms with van der Waals surface area (Å²) in [5, 5.41) is 6.49. The van der Waals surface area contributed by atoms with Crippen molar-refractivity contribution in [1.82, 2.24) is 5.16 Å². The van der Waals surface area contributed by atoms with Gasteiger partial charge < -0.3 is 20.3 Å². The number of aryl methyl sites for hydroxylation is 2. The number of nitrogens with two attached hydrogens (primary N) is 1. The van der Waals surface area contributed by atoms with Gasteiger partial charge in [-0.3, -0.25) is 0 Å². The van der Waals surface area contributed by atoms with Gasteiger partial charge in [0.05, 0.1) is 12.2 Å². The number of hydrogen-bond donors (Lipinski definition) is 2. The molecule has 0 unspecified atom stereocenters. The summed E-state index contributed by atoms with van der Waals surface area (Å²) in [6, 6.07) is 5.31. The van der Waals surface area contributed by atoms with Gasteiger partial charge in [-0.25, -0.2) is 4.99 Å². The maximum absolute atomic E-state index is 12.2. The Morgan fingerprint density at radius 2 is 2.08 bits per heavy atom. The van der Waals surface area contributed by atoms with Crippen LogP contribution in [0.1, 0.15) is 17.0 Å². The van der Waals surface area contributed by atoms with Crippen LogP contribution >= 0.6 is 24.0 Å². The predicted octanol–water partition coefficient (Wildman–Crippen LogP) is 3.73. The van der Waals surface area contributed by atoms with Crippen LogP contribution < -0.4 is 15.8 Å². The molecule has 0 saturated carbocycles.